The third kappa shape index (κ3) is 3.15. The van der Waals surface area contributed by atoms with Crippen LogP contribution in [0.5, 0.6) is 0 Å². The predicted octanol–water partition coefficient (Wildman–Crippen LogP) is 5.12. The van der Waals surface area contributed by atoms with E-state index < -0.39 is 0 Å². The molecule has 0 atom stereocenters. The number of anilines is 2. The summed E-state index contributed by atoms with van der Waals surface area (Å²) in [6, 6.07) is 7.79. The fraction of sp³-hybridized carbons (Fsp3) is 0.208. The molecule has 1 aromatic carbocycles. The summed E-state index contributed by atoms with van der Waals surface area (Å²) >= 11 is 1.35. The largest absolute Gasteiger partial charge is 0.331 e. The maximum absolute atomic E-state index is 13.5. The van der Waals surface area contributed by atoms with Crippen LogP contribution in [0.15, 0.2) is 42.9 Å². The standard InChI is InChI=1S/C24H20N6OS/c1-13-10-14(8-9-25-13)28-24-26-12-20(32-24)23(31)22-16-5-3-2-4-15(16)21-17-11-27-30-18(17)6-7-19(21)29-22/h6-12H,2-5H2,1H3,(H,27,30)(H,25,26,28). The topological polar surface area (TPSA) is 96.5 Å². The molecule has 0 radical (unpaired) electrons. The molecular weight excluding hydrogens is 420 g/mol. The molecule has 2 N–H and O–H groups in total. The minimum absolute atomic E-state index is 0.0613. The van der Waals surface area contributed by atoms with Crippen LogP contribution in [0, 0.1) is 6.92 Å². The lowest BCUT2D eigenvalue weighted by molar-refractivity contribution is 0.103. The molecule has 0 unspecified atom stereocenters. The van der Waals surface area contributed by atoms with Gasteiger partial charge in [-0.15, -0.1) is 0 Å². The molecule has 0 bridgehead atoms. The Kier molecular flexibility index (Phi) is 4.46. The average Bonchev–Trinajstić information content (AvgIpc) is 3.47. The Bertz CT molecular complexity index is 1500. The number of carbonyl (C=O) groups excluding carboxylic acids is 1. The molecule has 0 saturated heterocycles. The normalized spacial score (nSPS) is 13.4. The predicted molar refractivity (Wildman–Crippen MR) is 126 cm³/mol. The van der Waals surface area contributed by atoms with Crippen molar-refractivity contribution in [1.29, 1.82) is 0 Å². The van der Waals surface area contributed by atoms with Crippen molar-refractivity contribution in [3.8, 4) is 0 Å². The lowest BCUT2D eigenvalue weighted by Gasteiger charge is -2.20. The van der Waals surface area contributed by atoms with E-state index in [4.69, 9.17) is 4.98 Å². The monoisotopic (exact) mass is 440 g/mol. The van der Waals surface area contributed by atoms with Crippen LogP contribution in [-0.4, -0.2) is 30.9 Å². The molecule has 1 aliphatic carbocycles. The Hall–Kier alpha value is -3.65. The fourth-order valence-corrected chi connectivity index (χ4v) is 5.31. The molecule has 4 aromatic heterocycles. The second kappa shape index (κ2) is 7.49. The lowest BCUT2D eigenvalue weighted by Crippen LogP contribution is -2.14. The van der Waals surface area contributed by atoms with E-state index in [0.29, 0.717) is 15.7 Å². The van der Waals surface area contributed by atoms with Gasteiger partial charge >= 0.3 is 0 Å². The highest BCUT2D eigenvalue weighted by molar-refractivity contribution is 7.17. The fourth-order valence-electron chi connectivity index (χ4n) is 4.53. The van der Waals surface area contributed by atoms with Crippen LogP contribution in [-0.2, 0) is 12.8 Å². The van der Waals surface area contributed by atoms with Crippen LogP contribution < -0.4 is 5.32 Å². The number of thiazole rings is 1. The number of hydrogen-bond acceptors (Lipinski definition) is 7. The van der Waals surface area contributed by atoms with Gasteiger partial charge in [-0.2, -0.15) is 5.10 Å². The third-order valence-electron chi connectivity index (χ3n) is 5.98. The molecule has 1 aliphatic rings. The number of rotatable bonds is 4. The summed E-state index contributed by atoms with van der Waals surface area (Å²) in [6.45, 7) is 1.94. The van der Waals surface area contributed by atoms with E-state index in [9.17, 15) is 4.79 Å². The SMILES string of the molecule is Cc1cc(Nc2ncc(C(=O)c3nc4ccc5[nH]ncc5c4c4c3CCCC4)s2)ccn1. The summed E-state index contributed by atoms with van der Waals surface area (Å²) in [5.74, 6) is -0.0613. The van der Waals surface area contributed by atoms with Gasteiger partial charge in [0.25, 0.3) is 0 Å². The summed E-state index contributed by atoms with van der Waals surface area (Å²) in [5.41, 5.74) is 6.54. The van der Waals surface area contributed by atoms with E-state index >= 15 is 0 Å². The molecule has 0 fully saturated rings. The van der Waals surface area contributed by atoms with Crippen molar-refractivity contribution in [3.63, 3.8) is 0 Å². The molecule has 7 nitrogen and oxygen atoms in total. The summed E-state index contributed by atoms with van der Waals surface area (Å²) in [5, 5.41) is 13.4. The Morgan fingerprint density at radius 3 is 2.84 bits per heavy atom. The second-order valence-corrected chi connectivity index (χ2v) is 9.12. The van der Waals surface area contributed by atoms with Crippen LogP contribution >= 0.6 is 11.3 Å². The third-order valence-corrected chi connectivity index (χ3v) is 6.89. The average molecular weight is 441 g/mol. The minimum Gasteiger partial charge on any atom is -0.331 e. The molecular formula is C24H20N6OS. The molecule has 0 spiro atoms. The Labute approximate surface area is 188 Å². The van der Waals surface area contributed by atoms with Crippen molar-refractivity contribution < 1.29 is 4.79 Å². The smallest absolute Gasteiger partial charge is 0.223 e. The van der Waals surface area contributed by atoms with Crippen LogP contribution in [0.1, 0.15) is 45.0 Å². The Morgan fingerprint density at radius 1 is 1.09 bits per heavy atom. The number of benzene rings is 1. The zero-order valence-electron chi connectivity index (χ0n) is 17.5. The van der Waals surface area contributed by atoms with E-state index in [1.54, 1.807) is 12.4 Å². The first-order chi connectivity index (χ1) is 15.7. The number of hydrogen-bond donors (Lipinski definition) is 2. The number of nitrogens with one attached hydrogen (secondary N) is 2. The minimum atomic E-state index is -0.0613. The number of nitrogens with zero attached hydrogens (tertiary/aromatic N) is 4. The number of carbonyl (C=O) groups is 1. The molecule has 158 valence electrons. The van der Waals surface area contributed by atoms with E-state index in [-0.39, 0.29) is 5.78 Å². The molecule has 0 amide bonds. The summed E-state index contributed by atoms with van der Waals surface area (Å²) in [6.07, 6.45) is 9.26. The highest BCUT2D eigenvalue weighted by atomic mass is 32.1. The number of fused-ring (bicyclic) bond motifs is 5. The molecule has 8 heteroatoms. The van der Waals surface area contributed by atoms with Crippen molar-refractivity contribution in [3.05, 3.63) is 70.2 Å². The number of H-pyrrole nitrogens is 1. The van der Waals surface area contributed by atoms with Gasteiger partial charge in [-0.25, -0.2) is 9.97 Å². The Balaban J connectivity index is 1.42. The summed E-state index contributed by atoms with van der Waals surface area (Å²) < 4.78 is 0. The van der Waals surface area contributed by atoms with Gasteiger partial charge in [0, 0.05) is 28.4 Å². The zero-order chi connectivity index (χ0) is 21.7. The zero-order valence-corrected chi connectivity index (χ0v) is 18.3. The molecule has 6 rings (SSSR count). The van der Waals surface area contributed by atoms with Crippen molar-refractivity contribution >= 4 is 49.7 Å². The number of ketones is 1. The van der Waals surface area contributed by atoms with Crippen molar-refractivity contribution in [2.45, 2.75) is 32.6 Å². The van der Waals surface area contributed by atoms with Gasteiger partial charge < -0.3 is 5.32 Å². The first kappa shape index (κ1) is 19.1. The van der Waals surface area contributed by atoms with E-state index in [0.717, 1.165) is 64.4 Å². The van der Waals surface area contributed by atoms with Crippen LogP contribution in [0.2, 0.25) is 0 Å². The van der Waals surface area contributed by atoms with Crippen LogP contribution in [0.25, 0.3) is 21.8 Å². The maximum Gasteiger partial charge on any atom is 0.223 e. The molecule has 0 aliphatic heterocycles. The van der Waals surface area contributed by atoms with Gasteiger partial charge in [0.05, 0.1) is 28.3 Å². The van der Waals surface area contributed by atoms with Crippen molar-refractivity contribution in [2.24, 2.45) is 0 Å². The van der Waals surface area contributed by atoms with Gasteiger partial charge in [-0.1, -0.05) is 11.3 Å². The number of pyridine rings is 2. The summed E-state index contributed by atoms with van der Waals surface area (Å²) in [7, 11) is 0. The molecule has 32 heavy (non-hydrogen) atoms. The van der Waals surface area contributed by atoms with Crippen LogP contribution in [0.3, 0.4) is 0 Å². The number of aromatic nitrogens is 5. The van der Waals surface area contributed by atoms with E-state index in [1.165, 1.54) is 16.9 Å². The number of aromatic amines is 1. The van der Waals surface area contributed by atoms with Gasteiger partial charge in [0.15, 0.2) is 5.13 Å². The summed E-state index contributed by atoms with van der Waals surface area (Å²) in [4.78, 5) is 27.6. The van der Waals surface area contributed by atoms with Gasteiger partial charge in [-0.3, -0.25) is 14.9 Å². The number of aryl methyl sites for hydroxylation is 2. The molecule has 5 aromatic rings. The molecule has 4 heterocycles. The van der Waals surface area contributed by atoms with Gasteiger partial charge in [-0.05, 0) is 68.0 Å². The highest BCUT2D eigenvalue weighted by Gasteiger charge is 2.25. The maximum atomic E-state index is 13.5. The first-order valence-corrected chi connectivity index (χ1v) is 11.5. The molecule has 0 saturated carbocycles. The van der Waals surface area contributed by atoms with Gasteiger partial charge in [0.2, 0.25) is 5.78 Å². The second-order valence-electron chi connectivity index (χ2n) is 8.09. The first-order valence-electron chi connectivity index (χ1n) is 10.6. The highest BCUT2D eigenvalue weighted by Crippen LogP contribution is 2.35. The van der Waals surface area contributed by atoms with Crippen LogP contribution in [0.4, 0.5) is 10.8 Å². The van der Waals surface area contributed by atoms with E-state index in [1.807, 2.05) is 37.4 Å². The van der Waals surface area contributed by atoms with Gasteiger partial charge in [0.1, 0.15) is 5.69 Å². The quantitative estimate of drug-likeness (QED) is 0.376. The van der Waals surface area contributed by atoms with Crippen molar-refractivity contribution in [1.82, 2.24) is 25.1 Å². The van der Waals surface area contributed by atoms with E-state index in [2.05, 4.69) is 25.5 Å². The lowest BCUT2D eigenvalue weighted by atomic mass is 9.86. The Morgan fingerprint density at radius 2 is 1.97 bits per heavy atom. The van der Waals surface area contributed by atoms with Crippen molar-refractivity contribution in [2.75, 3.05) is 5.32 Å².